The van der Waals surface area contributed by atoms with Crippen LogP contribution in [0.25, 0.3) is 5.69 Å². The Kier molecular flexibility index (Phi) is 6.16. The third-order valence-corrected chi connectivity index (χ3v) is 4.49. The number of rotatable bonds is 7. The molecule has 0 aliphatic heterocycles. The minimum atomic E-state index is -0.278. The molecular formula is C22H26N4O3. The van der Waals surface area contributed by atoms with E-state index < -0.39 is 0 Å². The van der Waals surface area contributed by atoms with Crippen LogP contribution in [0.1, 0.15) is 48.6 Å². The first kappa shape index (κ1) is 20.4. The topological polar surface area (TPSA) is 78.3 Å². The van der Waals surface area contributed by atoms with Gasteiger partial charge in [-0.2, -0.15) is 0 Å². The normalized spacial score (nSPS) is 11.9. The lowest BCUT2D eigenvalue weighted by atomic mass is 10.1. The summed E-state index contributed by atoms with van der Waals surface area (Å²) in [5.74, 6) is 1.21. The highest BCUT2D eigenvalue weighted by Crippen LogP contribution is 2.21. The van der Waals surface area contributed by atoms with Crippen LogP contribution in [0.4, 0.5) is 0 Å². The molecule has 3 aromatic rings. The molecule has 2 aromatic carbocycles. The van der Waals surface area contributed by atoms with Gasteiger partial charge in [-0.25, -0.2) is 4.68 Å². The second-order valence-corrected chi connectivity index (χ2v) is 7.07. The molecule has 3 rings (SSSR count). The van der Waals surface area contributed by atoms with Crippen molar-refractivity contribution in [2.75, 3.05) is 7.11 Å². The van der Waals surface area contributed by atoms with Gasteiger partial charge in [0.2, 0.25) is 0 Å². The van der Waals surface area contributed by atoms with Gasteiger partial charge in [0.05, 0.1) is 30.6 Å². The first-order valence-electron chi connectivity index (χ1n) is 9.53. The second-order valence-electron chi connectivity index (χ2n) is 7.07. The number of hydrogen-bond acceptors (Lipinski definition) is 5. The zero-order chi connectivity index (χ0) is 21.0. The molecule has 1 heterocycles. The van der Waals surface area contributed by atoms with Gasteiger partial charge in [-0.3, -0.25) is 4.79 Å². The Morgan fingerprint density at radius 3 is 2.52 bits per heavy atom. The number of ether oxygens (including phenoxy) is 2. The van der Waals surface area contributed by atoms with E-state index in [1.165, 1.54) is 0 Å². The van der Waals surface area contributed by atoms with Crippen molar-refractivity contribution in [2.45, 2.75) is 39.8 Å². The predicted octanol–water partition coefficient (Wildman–Crippen LogP) is 3.86. The fraction of sp³-hybridized carbons (Fsp3) is 0.318. The number of methoxy groups -OCH3 is 1. The van der Waals surface area contributed by atoms with Crippen LogP contribution in [0.5, 0.6) is 11.5 Å². The predicted molar refractivity (Wildman–Crippen MR) is 111 cm³/mol. The molecule has 0 fully saturated rings. The maximum absolute atomic E-state index is 12.8. The molecule has 0 unspecified atom stereocenters. The number of carbonyl (C=O) groups excluding carboxylic acids is 1. The number of amides is 1. The van der Waals surface area contributed by atoms with Gasteiger partial charge in [-0.1, -0.05) is 23.4 Å². The fourth-order valence-electron chi connectivity index (χ4n) is 3.00. The van der Waals surface area contributed by atoms with Crippen LogP contribution in [0, 0.1) is 6.92 Å². The van der Waals surface area contributed by atoms with Gasteiger partial charge in [0.25, 0.3) is 5.91 Å². The van der Waals surface area contributed by atoms with Crippen LogP contribution in [0.15, 0.2) is 48.5 Å². The van der Waals surface area contributed by atoms with Crippen molar-refractivity contribution in [3.05, 3.63) is 65.5 Å². The molecule has 152 valence electrons. The Morgan fingerprint density at radius 1 is 1.07 bits per heavy atom. The molecule has 1 N–H and O–H groups in total. The highest BCUT2D eigenvalue weighted by molar-refractivity contribution is 5.93. The first-order chi connectivity index (χ1) is 13.9. The highest BCUT2D eigenvalue weighted by Gasteiger charge is 2.20. The van der Waals surface area contributed by atoms with Crippen molar-refractivity contribution < 1.29 is 14.3 Å². The molecular weight excluding hydrogens is 368 g/mol. The lowest BCUT2D eigenvalue weighted by Crippen LogP contribution is -2.27. The highest BCUT2D eigenvalue weighted by atomic mass is 16.5. The van der Waals surface area contributed by atoms with E-state index in [-0.39, 0.29) is 23.7 Å². The Hall–Kier alpha value is -3.35. The summed E-state index contributed by atoms with van der Waals surface area (Å²) in [4.78, 5) is 12.8. The van der Waals surface area contributed by atoms with Gasteiger partial charge in [-0.15, -0.1) is 5.10 Å². The SMILES string of the molecule is COc1cccc(-n2nnc(C(=O)N[C@@H](C)c3cccc(OC(C)C)c3)c2C)c1. The minimum Gasteiger partial charge on any atom is -0.497 e. The average molecular weight is 394 g/mol. The first-order valence-corrected chi connectivity index (χ1v) is 9.53. The van der Waals surface area contributed by atoms with E-state index in [0.717, 1.165) is 17.0 Å². The zero-order valence-electron chi connectivity index (χ0n) is 17.3. The van der Waals surface area contributed by atoms with E-state index in [4.69, 9.17) is 9.47 Å². The Morgan fingerprint density at radius 2 is 1.79 bits per heavy atom. The molecule has 0 saturated heterocycles. The van der Waals surface area contributed by atoms with E-state index in [9.17, 15) is 4.79 Å². The van der Waals surface area contributed by atoms with E-state index >= 15 is 0 Å². The molecule has 0 aliphatic rings. The van der Waals surface area contributed by atoms with Crippen LogP contribution in [-0.4, -0.2) is 34.1 Å². The maximum Gasteiger partial charge on any atom is 0.274 e. The smallest absolute Gasteiger partial charge is 0.274 e. The summed E-state index contributed by atoms with van der Waals surface area (Å²) in [6.07, 6.45) is 0.0875. The summed E-state index contributed by atoms with van der Waals surface area (Å²) in [7, 11) is 1.61. The molecule has 7 heteroatoms. The van der Waals surface area contributed by atoms with Gasteiger partial charge >= 0.3 is 0 Å². The molecule has 0 aliphatic carbocycles. The largest absolute Gasteiger partial charge is 0.497 e. The summed E-state index contributed by atoms with van der Waals surface area (Å²) in [5.41, 5.74) is 2.67. The summed E-state index contributed by atoms with van der Waals surface area (Å²) in [6.45, 7) is 7.70. The monoisotopic (exact) mass is 394 g/mol. The summed E-state index contributed by atoms with van der Waals surface area (Å²) in [5, 5.41) is 11.2. The van der Waals surface area contributed by atoms with E-state index in [1.54, 1.807) is 11.8 Å². The molecule has 0 saturated carbocycles. The summed E-state index contributed by atoms with van der Waals surface area (Å²) in [6, 6.07) is 14.9. The Balaban J connectivity index is 1.77. The molecule has 29 heavy (non-hydrogen) atoms. The van der Waals surface area contributed by atoms with Crippen molar-refractivity contribution in [1.82, 2.24) is 20.3 Å². The van der Waals surface area contributed by atoms with Crippen molar-refractivity contribution in [2.24, 2.45) is 0 Å². The summed E-state index contributed by atoms with van der Waals surface area (Å²) >= 11 is 0. The Bertz CT molecular complexity index is 997. The molecule has 1 atom stereocenters. The molecule has 1 aromatic heterocycles. The maximum atomic E-state index is 12.8. The molecule has 0 bridgehead atoms. The zero-order valence-corrected chi connectivity index (χ0v) is 17.3. The van der Waals surface area contributed by atoms with E-state index in [2.05, 4.69) is 15.6 Å². The number of aromatic nitrogens is 3. The quantitative estimate of drug-likeness (QED) is 0.658. The van der Waals surface area contributed by atoms with E-state index in [0.29, 0.717) is 11.4 Å². The van der Waals surface area contributed by atoms with Gasteiger partial charge < -0.3 is 14.8 Å². The third-order valence-electron chi connectivity index (χ3n) is 4.49. The summed E-state index contributed by atoms with van der Waals surface area (Å²) < 4.78 is 12.6. The lowest BCUT2D eigenvalue weighted by molar-refractivity contribution is 0.0934. The van der Waals surface area contributed by atoms with Crippen LogP contribution in [0.2, 0.25) is 0 Å². The minimum absolute atomic E-state index is 0.0875. The standard InChI is InChI=1S/C22H26N4O3/c1-14(2)29-20-11-6-8-17(12-20)15(3)23-22(27)21-16(4)26(25-24-21)18-9-7-10-19(13-18)28-5/h6-15H,1-5H3,(H,23,27)/t15-/m0/s1. The van der Waals surface area contributed by atoms with Gasteiger partial charge in [0.1, 0.15) is 11.5 Å². The van der Waals surface area contributed by atoms with Crippen LogP contribution in [-0.2, 0) is 0 Å². The van der Waals surface area contributed by atoms with Crippen molar-refractivity contribution in [3.63, 3.8) is 0 Å². The number of nitrogens with zero attached hydrogens (tertiary/aromatic N) is 3. The molecule has 1 amide bonds. The number of benzene rings is 2. The van der Waals surface area contributed by atoms with Crippen molar-refractivity contribution in [1.29, 1.82) is 0 Å². The van der Waals surface area contributed by atoms with Crippen molar-refractivity contribution in [3.8, 4) is 17.2 Å². The molecule has 0 spiro atoms. The fourth-order valence-corrected chi connectivity index (χ4v) is 3.00. The Labute approximate surface area is 170 Å². The van der Waals surface area contributed by atoms with E-state index in [1.807, 2.05) is 76.2 Å². The van der Waals surface area contributed by atoms with Gasteiger partial charge in [0.15, 0.2) is 5.69 Å². The molecule has 7 nitrogen and oxygen atoms in total. The van der Waals surface area contributed by atoms with Gasteiger partial charge in [-0.05, 0) is 57.5 Å². The van der Waals surface area contributed by atoms with Crippen LogP contribution >= 0.6 is 0 Å². The van der Waals surface area contributed by atoms with Crippen molar-refractivity contribution >= 4 is 5.91 Å². The number of carbonyl (C=O) groups is 1. The van der Waals surface area contributed by atoms with Crippen LogP contribution in [0.3, 0.4) is 0 Å². The second kappa shape index (κ2) is 8.77. The van der Waals surface area contributed by atoms with Gasteiger partial charge in [0, 0.05) is 6.07 Å². The average Bonchev–Trinajstić information content (AvgIpc) is 3.09. The third kappa shape index (κ3) is 4.74. The number of nitrogens with one attached hydrogen (secondary N) is 1. The number of hydrogen-bond donors (Lipinski definition) is 1. The molecule has 0 radical (unpaired) electrons. The van der Waals surface area contributed by atoms with Crippen LogP contribution < -0.4 is 14.8 Å². The lowest BCUT2D eigenvalue weighted by Gasteiger charge is -2.16.